The molecule has 2 aliphatic heterocycles. The van der Waals surface area contributed by atoms with E-state index >= 15 is 0 Å². The van der Waals surface area contributed by atoms with Crippen LogP contribution in [0.2, 0.25) is 5.02 Å². The van der Waals surface area contributed by atoms with Gasteiger partial charge in [0.25, 0.3) is 5.91 Å². The van der Waals surface area contributed by atoms with E-state index in [2.05, 4.69) is 27.6 Å². The van der Waals surface area contributed by atoms with Crippen molar-refractivity contribution < 1.29 is 18.8 Å². The van der Waals surface area contributed by atoms with E-state index in [1.165, 1.54) is 11.1 Å². The number of amides is 1. The molecule has 1 amide bonds. The highest BCUT2D eigenvalue weighted by Gasteiger charge is 2.44. The van der Waals surface area contributed by atoms with Gasteiger partial charge in [-0.05, 0) is 111 Å². The number of benzene rings is 2. The maximum atomic E-state index is 13.6. The van der Waals surface area contributed by atoms with E-state index in [0.29, 0.717) is 24.5 Å². The Morgan fingerprint density at radius 2 is 2.02 bits per heavy atom. The number of allylic oxidation sites excluding steroid dienone is 1. The SMILES string of the molecule is C=S1(=O)NC(=O)c2ccc3c(c2)N(C[C@@H]2CC[C@H]2[C@@H](O)/C=C/C[C@@H](C)[C@H]1C)C[C@@]1(CCCc2cc(Cl)ccc21)CO3. The summed E-state index contributed by atoms with van der Waals surface area (Å²) in [6, 6.07) is 11.7. The minimum absolute atomic E-state index is 0.0224. The third-order valence-corrected chi connectivity index (χ3v) is 12.6. The van der Waals surface area contributed by atoms with Gasteiger partial charge in [0, 0.05) is 34.3 Å². The fourth-order valence-electron chi connectivity index (χ4n) is 7.26. The largest absolute Gasteiger partial charge is 0.490 e. The molecule has 1 unspecified atom stereocenters. The first-order valence-corrected chi connectivity index (χ1v) is 17.1. The number of carbonyl (C=O) groups is 1. The molecule has 220 valence electrons. The molecule has 2 N–H and O–H groups in total. The fourth-order valence-corrected chi connectivity index (χ4v) is 8.93. The Kier molecular flexibility index (Phi) is 7.66. The van der Waals surface area contributed by atoms with Crippen LogP contribution in [0.25, 0.3) is 0 Å². The van der Waals surface area contributed by atoms with E-state index in [4.69, 9.17) is 16.3 Å². The van der Waals surface area contributed by atoms with Gasteiger partial charge in [-0.25, -0.2) is 4.21 Å². The average Bonchev–Trinajstić information content (AvgIpc) is 3.06. The van der Waals surface area contributed by atoms with Crippen molar-refractivity contribution in [3.8, 4) is 5.75 Å². The highest BCUT2D eigenvalue weighted by Crippen LogP contribution is 2.46. The highest BCUT2D eigenvalue weighted by atomic mass is 35.5. The van der Waals surface area contributed by atoms with Crippen LogP contribution in [-0.2, 0) is 21.5 Å². The molecule has 1 saturated carbocycles. The minimum Gasteiger partial charge on any atom is -0.490 e. The molecule has 7 atom stereocenters. The Bertz CT molecular complexity index is 1470. The van der Waals surface area contributed by atoms with Crippen LogP contribution >= 0.6 is 11.6 Å². The van der Waals surface area contributed by atoms with Gasteiger partial charge in [-0.1, -0.05) is 36.7 Å². The number of fused-ring (bicyclic) bond motifs is 4. The van der Waals surface area contributed by atoms with E-state index in [1.807, 2.05) is 44.2 Å². The number of aryl methyl sites for hydroxylation is 1. The lowest BCUT2D eigenvalue weighted by atomic mass is 9.68. The molecule has 0 aromatic heterocycles. The molecule has 2 aromatic rings. The molecule has 4 aliphatic rings. The van der Waals surface area contributed by atoms with Crippen LogP contribution in [0.3, 0.4) is 0 Å². The maximum Gasteiger partial charge on any atom is 0.262 e. The first-order chi connectivity index (χ1) is 19.6. The van der Waals surface area contributed by atoms with Crippen LogP contribution in [0.15, 0.2) is 48.6 Å². The van der Waals surface area contributed by atoms with Crippen molar-refractivity contribution in [2.24, 2.45) is 17.8 Å². The number of ether oxygens (including phenoxy) is 1. The van der Waals surface area contributed by atoms with E-state index in [0.717, 1.165) is 61.7 Å². The van der Waals surface area contributed by atoms with Crippen LogP contribution in [-0.4, -0.2) is 52.1 Å². The van der Waals surface area contributed by atoms with E-state index in [1.54, 1.807) is 6.07 Å². The summed E-state index contributed by atoms with van der Waals surface area (Å²) < 4.78 is 22.9. The van der Waals surface area contributed by atoms with Gasteiger partial charge >= 0.3 is 0 Å². The van der Waals surface area contributed by atoms with Gasteiger partial charge < -0.3 is 14.7 Å². The summed E-state index contributed by atoms with van der Waals surface area (Å²) in [5.74, 6) is 4.82. The summed E-state index contributed by atoms with van der Waals surface area (Å²) in [6.07, 6.45) is 9.15. The van der Waals surface area contributed by atoms with Gasteiger partial charge in [0.15, 0.2) is 0 Å². The normalized spacial score (nSPS) is 36.1. The number of halogens is 1. The van der Waals surface area contributed by atoms with Crippen molar-refractivity contribution in [2.45, 2.75) is 69.1 Å². The minimum atomic E-state index is -2.91. The number of carbonyl (C=O) groups excluding carboxylic acids is 1. The molecule has 1 fully saturated rings. The van der Waals surface area contributed by atoms with Gasteiger partial charge in [-0.3, -0.25) is 9.52 Å². The summed E-state index contributed by atoms with van der Waals surface area (Å²) in [5.41, 5.74) is 3.67. The average molecular weight is 597 g/mol. The summed E-state index contributed by atoms with van der Waals surface area (Å²) in [6.45, 7) is 5.93. The molecule has 6 rings (SSSR count). The molecule has 2 aliphatic carbocycles. The smallest absolute Gasteiger partial charge is 0.262 e. The van der Waals surface area contributed by atoms with Gasteiger partial charge in [-0.15, -0.1) is 0 Å². The summed E-state index contributed by atoms with van der Waals surface area (Å²) in [7, 11) is -2.91. The Labute approximate surface area is 249 Å². The van der Waals surface area contributed by atoms with Gasteiger partial charge in [0.05, 0.1) is 28.1 Å². The predicted molar refractivity (Wildman–Crippen MR) is 168 cm³/mol. The number of rotatable bonds is 0. The molecular formula is C33H41ClN2O4S. The Morgan fingerprint density at radius 3 is 2.80 bits per heavy atom. The van der Waals surface area contributed by atoms with Gasteiger partial charge in [0.1, 0.15) is 5.75 Å². The number of hydrogen-bond donors (Lipinski definition) is 2. The van der Waals surface area contributed by atoms with Crippen molar-refractivity contribution in [1.82, 2.24) is 4.72 Å². The van der Waals surface area contributed by atoms with Crippen molar-refractivity contribution in [3.63, 3.8) is 0 Å². The zero-order valence-corrected chi connectivity index (χ0v) is 25.6. The number of nitrogens with one attached hydrogen (secondary N) is 1. The Morgan fingerprint density at radius 1 is 1.20 bits per heavy atom. The van der Waals surface area contributed by atoms with Gasteiger partial charge in [0.2, 0.25) is 0 Å². The molecule has 2 heterocycles. The molecule has 0 saturated heterocycles. The first kappa shape index (κ1) is 28.6. The number of aliphatic hydroxyl groups excluding tert-OH is 1. The second-order valence-electron chi connectivity index (χ2n) is 12.8. The lowest BCUT2D eigenvalue weighted by Crippen LogP contribution is -2.49. The van der Waals surface area contributed by atoms with Crippen LogP contribution in [0.4, 0.5) is 5.69 Å². The number of anilines is 1. The van der Waals surface area contributed by atoms with Crippen molar-refractivity contribution in [1.29, 1.82) is 0 Å². The highest BCUT2D eigenvalue weighted by molar-refractivity contribution is 7.99. The number of nitrogens with zero attached hydrogens (tertiary/aromatic N) is 1. The molecule has 1 spiro atoms. The second kappa shape index (κ2) is 11.0. The quantitative estimate of drug-likeness (QED) is 0.308. The third kappa shape index (κ3) is 5.41. The van der Waals surface area contributed by atoms with E-state index in [-0.39, 0.29) is 28.4 Å². The zero-order valence-electron chi connectivity index (χ0n) is 24.0. The summed E-state index contributed by atoms with van der Waals surface area (Å²) in [5, 5.41) is 11.6. The topological polar surface area (TPSA) is 78.9 Å². The van der Waals surface area contributed by atoms with E-state index in [9.17, 15) is 14.1 Å². The summed E-state index contributed by atoms with van der Waals surface area (Å²) in [4.78, 5) is 15.8. The van der Waals surface area contributed by atoms with Crippen LogP contribution in [0.1, 0.15) is 67.4 Å². The second-order valence-corrected chi connectivity index (χ2v) is 15.6. The molecule has 41 heavy (non-hydrogen) atoms. The van der Waals surface area contributed by atoms with Crippen LogP contribution in [0, 0.1) is 17.8 Å². The number of aliphatic hydroxyl groups is 1. The molecule has 0 radical (unpaired) electrons. The first-order valence-electron chi connectivity index (χ1n) is 14.9. The monoisotopic (exact) mass is 596 g/mol. The fraction of sp³-hybridized carbons (Fsp3) is 0.515. The maximum absolute atomic E-state index is 13.6. The molecule has 6 nitrogen and oxygen atoms in total. The Balaban J connectivity index is 1.42. The van der Waals surface area contributed by atoms with Crippen molar-refractivity contribution in [3.05, 3.63) is 70.3 Å². The zero-order chi connectivity index (χ0) is 28.9. The van der Waals surface area contributed by atoms with Crippen molar-refractivity contribution >= 4 is 38.8 Å². The van der Waals surface area contributed by atoms with Gasteiger partial charge in [-0.2, -0.15) is 0 Å². The molecule has 2 aromatic carbocycles. The molecular weight excluding hydrogens is 556 g/mol. The summed E-state index contributed by atoms with van der Waals surface area (Å²) >= 11 is 6.40. The Hall–Kier alpha value is -2.48. The number of hydrogen-bond acceptors (Lipinski definition) is 5. The standard InChI is InChI=1S/C33H41ClN2O4S/c1-21-6-4-8-30(37)27-12-9-25(27)18-36-19-33(15-5-7-23-16-26(34)11-13-28(23)33)20-40-31-14-10-24(17-29(31)36)32(38)35-41(3,39)22(21)2/h4,8,10-11,13-14,16-17,21-22,25,27,30,37H,3,5-7,9,12,15,18-20H2,1-2H3,(H,35,38,39)/b8-4+/t21-,22-,25+,27-,30+,33+,41?/m1/s1. The molecule has 8 heteroatoms. The molecule has 2 bridgehead atoms. The van der Waals surface area contributed by atoms with Crippen LogP contribution in [0.5, 0.6) is 5.75 Å². The predicted octanol–water partition coefficient (Wildman–Crippen LogP) is 5.55. The van der Waals surface area contributed by atoms with Crippen LogP contribution < -0.4 is 14.4 Å². The third-order valence-electron chi connectivity index (χ3n) is 10.2. The van der Waals surface area contributed by atoms with Crippen molar-refractivity contribution in [2.75, 3.05) is 24.6 Å². The lowest BCUT2D eigenvalue weighted by Gasteiger charge is -2.45. The van der Waals surface area contributed by atoms with E-state index < -0.39 is 15.8 Å². The lowest BCUT2D eigenvalue weighted by molar-refractivity contribution is 0.0456.